The summed E-state index contributed by atoms with van der Waals surface area (Å²) in [6.07, 6.45) is 1.23. The van der Waals surface area contributed by atoms with Crippen molar-refractivity contribution in [1.82, 2.24) is 14.8 Å². The van der Waals surface area contributed by atoms with Gasteiger partial charge in [-0.25, -0.2) is 0 Å². The first-order valence-corrected chi connectivity index (χ1v) is 5.19. The van der Waals surface area contributed by atoms with Crippen molar-refractivity contribution in [2.45, 2.75) is 38.6 Å². The highest BCUT2D eigenvalue weighted by atomic mass is 32.1. The van der Waals surface area contributed by atoms with Gasteiger partial charge in [0.05, 0.1) is 0 Å². The number of H-pyrrole nitrogens is 1. The predicted octanol–water partition coefficient (Wildman–Crippen LogP) is 1.97. The molecule has 1 saturated carbocycles. The number of nitrogens with one attached hydrogen (secondary N) is 1. The van der Waals surface area contributed by atoms with E-state index < -0.39 is 0 Å². The largest absolute Gasteiger partial charge is 0.301 e. The van der Waals surface area contributed by atoms with Gasteiger partial charge in [-0.15, -0.1) is 0 Å². The number of nitrogens with zero attached hydrogens (tertiary/aromatic N) is 2. The third-order valence-corrected chi connectivity index (χ3v) is 2.85. The number of hydrogen-bond donors (Lipinski definition) is 1. The zero-order chi connectivity index (χ0) is 10.3. The number of ketones is 1. The monoisotopic (exact) mass is 211 g/mol. The van der Waals surface area contributed by atoms with Crippen LogP contribution in [0.3, 0.4) is 0 Å². The Kier molecular flexibility index (Phi) is 2.26. The molecule has 0 saturated heterocycles. The minimum absolute atomic E-state index is 0.276. The van der Waals surface area contributed by atoms with Gasteiger partial charge >= 0.3 is 0 Å². The van der Waals surface area contributed by atoms with Crippen molar-refractivity contribution < 1.29 is 4.79 Å². The molecular formula is C9H13N3OS. The van der Waals surface area contributed by atoms with E-state index in [1.54, 1.807) is 0 Å². The van der Waals surface area contributed by atoms with Crippen LogP contribution in [0.2, 0.25) is 0 Å². The molecule has 76 valence electrons. The van der Waals surface area contributed by atoms with Gasteiger partial charge in [0.1, 0.15) is 11.6 Å². The van der Waals surface area contributed by atoms with Crippen molar-refractivity contribution in [2.24, 2.45) is 0 Å². The molecule has 2 rings (SSSR count). The van der Waals surface area contributed by atoms with Crippen LogP contribution in [0.4, 0.5) is 0 Å². The summed E-state index contributed by atoms with van der Waals surface area (Å²) in [5.41, 5.74) is 0. The molecule has 0 radical (unpaired) electrons. The minimum Gasteiger partial charge on any atom is -0.301 e. The fraction of sp³-hybridized carbons (Fsp3) is 0.667. The number of rotatable bonds is 2. The van der Waals surface area contributed by atoms with Gasteiger partial charge in [0, 0.05) is 24.8 Å². The summed E-state index contributed by atoms with van der Waals surface area (Å²) in [5.74, 6) is 1.53. The lowest BCUT2D eigenvalue weighted by Crippen LogP contribution is -2.25. The predicted molar refractivity (Wildman–Crippen MR) is 54.8 cm³/mol. The average Bonchev–Trinajstić information content (AvgIpc) is 2.41. The summed E-state index contributed by atoms with van der Waals surface area (Å²) in [4.78, 5) is 10.9. The number of aromatic nitrogens is 3. The Labute approximate surface area is 87.3 Å². The Bertz CT molecular complexity index is 410. The molecule has 5 heteroatoms. The molecule has 14 heavy (non-hydrogen) atoms. The third-order valence-electron chi connectivity index (χ3n) is 2.56. The molecule has 1 heterocycles. The van der Waals surface area contributed by atoms with E-state index in [-0.39, 0.29) is 5.92 Å². The summed E-state index contributed by atoms with van der Waals surface area (Å²) < 4.78 is 2.64. The Morgan fingerprint density at radius 3 is 2.71 bits per heavy atom. The molecule has 0 aliphatic heterocycles. The Morgan fingerprint density at radius 1 is 1.57 bits per heavy atom. The Balaban J connectivity index is 2.34. The number of aromatic amines is 1. The third kappa shape index (κ3) is 1.41. The maximum absolute atomic E-state index is 10.9. The second-order valence-corrected chi connectivity index (χ2v) is 4.38. The normalized spacial score (nSPS) is 17.5. The highest BCUT2D eigenvalue weighted by Gasteiger charge is 2.32. The lowest BCUT2D eigenvalue weighted by Gasteiger charge is -2.24. The highest BCUT2D eigenvalue weighted by molar-refractivity contribution is 7.71. The lowest BCUT2D eigenvalue weighted by molar-refractivity contribution is -0.124. The summed E-state index contributed by atoms with van der Waals surface area (Å²) in [6.45, 7) is 4.13. The molecule has 0 amide bonds. The van der Waals surface area contributed by atoms with Crippen LogP contribution in [0.15, 0.2) is 0 Å². The Morgan fingerprint density at radius 2 is 2.21 bits per heavy atom. The molecule has 0 unspecified atom stereocenters. The van der Waals surface area contributed by atoms with E-state index in [1.165, 1.54) is 0 Å². The summed E-state index contributed by atoms with van der Waals surface area (Å²) in [5, 5.41) is 6.97. The zero-order valence-electron chi connectivity index (χ0n) is 8.28. The van der Waals surface area contributed by atoms with Crippen LogP contribution in [0, 0.1) is 4.77 Å². The van der Waals surface area contributed by atoms with Crippen LogP contribution in [0.25, 0.3) is 0 Å². The topological polar surface area (TPSA) is 50.7 Å². The van der Waals surface area contributed by atoms with Crippen molar-refractivity contribution in [3.05, 3.63) is 10.6 Å². The molecule has 1 aliphatic rings. The number of carbonyl (C=O) groups is 1. The average molecular weight is 211 g/mol. The SMILES string of the molecule is CC(C)n1c(C2CC(=O)C2)n[nH]c1=S. The molecule has 0 atom stereocenters. The molecule has 0 spiro atoms. The standard InChI is InChI=1S/C9H13N3OS/c1-5(2)12-8(10-11-9(12)14)6-3-7(13)4-6/h5-6H,3-4H2,1-2H3,(H,11,14). The summed E-state index contributed by atoms with van der Waals surface area (Å²) in [6, 6.07) is 0.298. The summed E-state index contributed by atoms with van der Waals surface area (Å²) in [7, 11) is 0. The smallest absolute Gasteiger partial charge is 0.195 e. The molecule has 1 fully saturated rings. The van der Waals surface area contributed by atoms with Crippen molar-refractivity contribution in [2.75, 3.05) is 0 Å². The fourth-order valence-corrected chi connectivity index (χ4v) is 2.13. The van der Waals surface area contributed by atoms with Gasteiger partial charge in [0.15, 0.2) is 4.77 Å². The van der Waals surface area contributed by atoms with Crippen molar-refractivity contribution >= 4 is 18.0 Å². The lowest BCUT2D eigenvalue weighted by atomic mass is 9.83. The highest BCUT2D eigenvalue weighted by Crippen LogP contribution is 2.33. The molecule has 1 aliphatic carbocycles. The molecule has 0 aromatic carbocycles. The molecule has 0 bridgehead atoms. The Hall–Kier alpha value is -0.970. The minimum atomic E-state index is 0.276. The van der Waals surface area contributed by atoms with Crippen LogP contribution in [0.5, 0.6) is 0 Å². The number of Topliss-reactive ketones (excluding diaryl/α,β-unsaturated/α-hetero) is 1. The van der Waals surface area contributed by atoms with E-state index in [2.05, 4.69) is 24.0 Å². The van der Waals surface area contributed by atoms with Crippen LogP contribution < -0.4 is 0 Å². The van der Waals surface area contributed by atoms with E-state index >= 15 is 0 Å². The van der Waals surface area contributed by atoms with Crippen LogP contribution in [-0.2, 0) is 4.79 Å². The second-order valence-electron chi connectivity index (χ2n) is 3.99. The fourth-order valence-electron chi connectivity index (χ4n) is 1.78. The quantitative estimate of drug-likeness (QED) is 0.761. The molecule has 1 aromatic rings. The molecule has 1 aromatic heterocycles. The van der Waals surface area contributed by atoms with Crippen LogP contribution in [0.1, 0.15) is 44.5 Å². The van der Waals surface area contributed by atoms with Gasteiger partial charge in [-0.05, 0) is 26.1 Å². The van der Waals surface area contributed by atoms with Gasteiger partial charge in [0.2, 0.25) is 0 Å². The maximum atomic E-state index is 10.9. The molecule has 1 N–H and O–H groups in total. The van der Waals surface area contributed by atoms with Crippen LogP contribution in [-0.4, -0.2) is 20.5 Å². The first-order valence-electron chi connectivity index (χ1n) is 4.78. The first-order chi connectivity index (χ1) is 6.59. The maximum Gasteiger partial charge on any atom is 0.195 e. The van der Waals surface area contributed by atoms with Crippen molar-refractivity contribution in [1.29, 1.82) is 0 Å². The van der Waals surface area contributed by atoms with E-state index in [0.717, 1.165) is 5.82 Å². The van der Waals surface area contributed by atoms with Gasteiger partial charge in [-0.2, -0.15) is 5.10 Å². The molecule has 4 nitrogen and oxygen atoms in total. The zero-order valence-corrected chi connectivity index (χ0v) is 9.10. The molecular weight excluding hydrogens is 198 g/mol. The first kappa shape index (κ1) is 9.58. The van der Waals surface area contributed by atoms with Gasteiger partial charge < -0.3 is 4.57 Å². The van der Waals surface area contributed by atoms with Gasteiger partial charge in [-0.3, -0.25) is 9.89 Å². The van der Waals surface area contributed by atoms with Crippen LogP contribution >= 0.6 is 12.2 Å². The van der Waals surface area contributed by atoms with E-state index in [1.807, 2.05) is 4.57 Å². The van der Waals surface area contributed by atoms with Crippen molar-refractivity contribution in [3.8, 4) is 0 Å². The van der Waals surface area contributed by atoms with Crippen molar-refractivity contribution in [3.63, 3.8) is 0 Å². The number of hydrogen-bond acceptors (Lipinski definition) is 3. The number of carbonyl (C=O) groups excluding carboxylic acids is 1. The van der Waals surface area contributed by atoms with E-state index in [9.17, 15) is 4.79 Å². The van der Waals surface area contributed by atoms with Gasteiger partial charge in [-0.1, -0.05) is 0 Å². The van der Waals surface area contributed by atoms with Gasteiger partial charge in [0.25, 0.3) is 0 Å². The van der Waals surface area contributed by atoms with E-state index in [4.69, 9.17) is 12.2 Å². The summed E-state index contributed by atoms with van der Waals surface area (Å²) >= 11 is 5.13. The van der Waals surface area contributed by atoms with E-state index in [0.29, 0.717) is 29.4 Å². The second kappa shape index (κ2) is 3.31.